The number of halogens is 1. The molecule has 7 heteroatoms. The minimum absolute atomic E-state index is 0. The Balaban J connectivity index is 0.00000338. The van der Waals surface area contributed by atoms with E-state index in [1.165, 1.54) is 38.5 Å². The Hall–Kier alpha value is -0.570. The first-order chi connectivity index (χ1) is 12.1. The molecule has 2 aliphatic rings. The van der Waals surface area contributed by atoms with E-state index < -0.39 is 0 Å². The van der Waals surface area contributed by atoms with E-state index in [0.29, 0.717) is 12.0 Å². The van der Waals surface area contributed by atoms with Crippen LogP contribution in [-0.2, 0) is 9.53 Å². The molecule has 26 heavy (non-hydrogen) atoms. The fraction of sp³-hybridized carbons (Fsp3) is 0.895. The minimum Gasteiger partial charge on any atom is -0.381 e. The zero-order chi connectivity index (χ0) is 18.1. The number of rotatable bonds is 9. The number of carbonyl (C=O) groups excluding carboxylic acids is 1. The molecule has 152 valence electrons. The lowest BCUT2D eigenvalue weighted by molar-refractivity contribution is -0.127. The number of guanidine groups is 1. The fourth-order valence-electron chi connectivity index (χ4n) is 3.06. The highest BCUT2D eigenvalue weighted by molar-refractivity contribution is 14.0. The van der Waals surface area contributed by atoms with Crippen molar-refractivity contribution in [3.05, 3.63) is 0 Å². The van der Waals surface area contributed by atoms with Gasteiger partial charge in [0.25, 0.3) is 0 Å². The summed E-state index contributed by atoms with van der Waals surface area (Å²) in [4.78, 5) is 17.9. The molecule has 0 aromatic heterocycles. The van der Waals surface area contributed by atoms with Gasteiger partial charge < -0.3 is 20.3 Å². The second-order valence-corrected chi connectivity index (χ2v) is 7.76. The molecule has 0 aromatic rings. The molecular formula is C19H37IN4O2. The van der Waals surface area contributed by atoms with E-state index in [1.54, 1.807) is 19.0 Å². The number of amides is 1. The molecule has 0 aromatic carbocycles. The number of nitrogens with one attached hydrogen (secondary N) is 2. The molecule has 2 rings (SSSR count). The highest BCUT2D eigenvalue weighted by Crippen LogP contribution is 2.28. The lowest BCUT2D eigenvalue weighted by atomic mass is 9.86. The summed E-state index contributed by atoms with van der Waals surface area (Å²) in [6, 6.07) is 0.445. The number of carbonyl (C=O) groups is 1. The average Bonchev–Trinajstić information content (AvgIpc) is 3.41. The average molecular weight is 480 g/mol. The SMILES string of the molecule is CC1CCCCC1NC(=NCC(=O)N(C)C)NCCCOCC1CC1.I. The van der Waals surface area contributed by atoms with Gasteiger partial charge in [-0.05, 0) is 43.9 Å². The first-order valence-electron chi connectivity index (χ1n) is 9.89. The second kappa shape index (κ2) is 12.8. The summed E-state index contributed by atoms with van der Waals surface area (Å²) >= 11 is 0. The predicted octanol–water partition coefficient (Wildman–Crippen LogP) is 2.62. The van der Waals surface area contributed by atoms with Crippen LogP contribution in [-0.4, -0.2) is 63.2 Å². The van der Waals surface area contributed by atoms with Crippen molar-refractivity contribution < 1.29 is 9.53 Å². The van der Waals surface area contributed by atoms with Crippen molar-refractivity contribution in [2.45, 2.75) is 57.9 Å². The van der Waals surface area contributed by atoms with Crippen LogP contribution in [0.3, 0.4) is 0 Å². The van der Waals surface area contributed by atoms with Crippen LogP contribution in [0.2, 0.25) is 0 Å². The summed E-state index contributed by atoms with van der Waals surface area (Å²) in [5, 5.41) is 6.92. The van der Waals surface area contributed by atoms with Gasteiger partial charge in [-0.15, -0.1) is 24.0 Å². The van der Waals surface area contributed by atoms with Crippen LogP contribution in [0.5, 0.6) is 0 Å². The molecule has 2 saturated carbocycles. The van der Waals surface area contributed by atoms with Gasteiger partial charge in [-0.1, -0.05) is 19.8 Å². The monoisotopic (exact) mass is 480 g/mol. The molecule has 0 spiro atoms. The molecule has 0 aliphatic heterocycles. The predicted molar refractivity (Wildman–Crippen MR) is 117 cm³/mol. The van der Waals surface area contributed by atoms with Crippen LogP contribution in [0.25, 0.3) is 0 Å². The molecule has 2 atom stereocenters. The Kier molecular flexibility index (Phi) is 11.5. The van der Waals surface area contributed by atoms with E-state index >= 15 is 0 Å². The van der Waals surface area contributed by atoms with Crippen LogP contribution in [0, 0.1) is 11.8 Å². The second-order valence-electron chi connectivity index (χ2n) is 7.76. The highest BCUT2D eigenvalue weighted by Gasteiger charge is 2.22. The summed E-state index contributed by atoms with van der Waals surface area (Å²) in [7, 11) is 3.53. The molecule has 6 nitrogen and oxygen atoms in total. The van der Waals surface area contributed by atoms with E-state index in [9.17, 15) is 4.79 Å². The van der Waals surface area contributed by atoms with Crippen molar-refractivity contribution in [2.24, 2.45) is 16.8 Å². The quantitative estimate of drug-likeness (QED) is 0.231. The Labute approximate surface area is 175 Å². The van der Waals surface area contributed by atoms with Crippen LogP contribution in [0.1, 0.15) is 51.9 Å². The van der Waals surface area contributed by atoms with Crippen molar-refractivity contribution in [3.8, 4) is 0 Å². The third kappa shape index (κ3) is 9.39. The Morgan fingerprint density at radius 3 is 2.58 bits per heavy atom. The minimum atomic E-state index is 0. The molecule has 0 bridgehead atoms. The van der Waals surface area contributed by atoms with Crippen LogP contribution in [0.4, 0.5) is 0 Å². The van der Waals surface area contributed by atoms with Gasteiger partial charge in [-0.2, -0.15) is 0 Å². The van der Waals surface area contributed by atoms with Crippen molar-refractivity contribution in [1.82, 2.24) is 15.5 Å². The number of nitrogens with zero attached hydrogens (tertiary/aromatic N) is 2. The summed E-state index contributed by atoms with van der Waals surface area (Å²) in [6.07, 6.45) is 8.63. The third-order valence-electron chi connectivity index (χ3n) is 5.11. The van der Waals surface area contributed by atoms with Crippen molar-refractivity contribution >= 4 is 35.8 Å². The van der Waals surface area contributed by atoms with E-state index in [2.05, 4.69) is 22.5 Å². The van der Waals surface area contributed by atoms with Crippen molar-refractivity contribution in [2.75, 3.05) is 40.4 Å². The third-order valence-corrected chi connectivity index (χ3v) is 5.11. The molecule has 2 unspecified atom stereocenters. The standard InChI is InChI=1S/C19H36N4O2.HI/c1-15-7-4-5-8-17(15)22-19(21-13-18(24)23(2)3)20-11-6-12-25-14-16-9-10-16;/h15-17H,4-14H2,1-3H3,(H2,20,21,22);1H. The Morgan fingerprint density at radius 1 is 1.19 bits per heavy atom. The first kappa shape index (κ1) is 23.5. The van der Waals surface area contributed by atoms with Crippen LogP contribution in [0.15, 0.2) is 4.99 Å². The highest BCUT2D eigenvalue weighted by atomic mass is 127. The van der Waals surface area contributed by atoms with E-state index in [0.717, 1.165) is 38.1 Å². The number of ether oxygens (including phenoxy) is 1. The van der Waals surface area contributed by atoms with Gasteiger partial charge in [0.1, 0.15) is 6.54 Å². The maximum absolute atomic E-state index is 11.8. The van der Waals surface area contributed by atoms with E-state index in [4.69, 9.17) is 4.74 Å². The van der Waals surface area contributed by atoms with Gasteiger partial charge in [-0.3, -0.25) is 4.79 Å². The zero-order valence-electron chi connectivity index (χ0n) is 16.6. The number of hydrogen-bond acceptors (Lipinski definition) is 3. The molecule has 2 aliphatic carbocycles. The molecule has 0 saturated heterocycles. The van der Waals surface area contributed by atoms with Crippen LogP contribution < -0.4 is 10.6 Å². The lowest BCUT2D eigenvalue weighted by Gasteiger charge is -2.31. The molecular weight excluding hydrogens is 443 g/mol. The number of hydrogen-bond donors (Lipinski definition) is 2. The Morgan fingerprint density at radius 2 is 1.92 bits per heavy atom. The first-order valence-corrected chi connectivity index (χ1v) is 9.89. The topological polar surface area (TPSA) is 66.0 Å². The van der Waals surface area contributed by atoms with Crippen molar-refractivity contribution in [1.29, 1.82) is 0 Å². The van der Waals surface area contributed by atoms with Gasteiger partial charge >= 0.3 is 0 Å². The van der Waals surface area contributed by atoms with E-state index in [-0.39, 0.29) is 36.4 Å². The zero-order valence-corrected chi connectivity index (χ0v) is 19.0. The fourth-order valence-corrected chi connectivity index (χ4v) is 3.06. The maximum Gasteiger partial charge on any atom is 0.243 e. The van der Waals surface area contributed by atoms with Gasteiger partial charge in [0.2, 0.25) is 5.91 Å². The molecule has 0 radical (unpaired) electrons. The van der Waals surface area contributed by atoms with Gasteiger partial charge in [0.05, 0.1) is 0 Å². The smallest absolute Gasteiger partial charge is 0.243 e. The van der Waals surface area contributed by atoms with Gasteiger partial charge in [-0.25, -0.2) is 4.99 Å². The molecule has 0 heterocycles. The number of aliphatic imine (C=N–C) groups is 1. The molecule has 2 N–H and O–H groups in total. The normalized spacial score (nSPS) is 23.1. The molecule has 1 amide bonds. The lowest BCUT2D eigenvalue weighted by Crippen LogP contribution is -2.48. The van der Waals surface area contributed by atoms with Crippen LogP contribution >= 0.6 is 24.0 Å². The summed E-state index contributed by atoms with van der Waals surface area (Å²) in [5.74, 6) is 2.24. The Bertz CT molecular complexity index is 441. The van der Waals surface area contributed by atoms with Gasteiger partial charge in [0.15, 0.2) is 5.96 Å². The summed E-state index contributed by atoms with van der Waals surface area (Å²) < 4.78 is 5.68. The van der Waals surface area contributed by atoms with Gasteiger partial charge in [0, 0.05) is 39.9 Å². The molecule has 2 fully saturated rings. The van der Waals surface area contributed by atoms with Crippen molar-refractivity contribution in [3.63, 3.8) is 0 Å². The van der Waals surface area contributed by atoms with E-state index in [1.807, 2.05) is 0 Å². The summed E-state index contributed by atoms with van der Waals surface area (Å²) in [6.45, 7) is 4.99. The largest absolute Gasteiger partial charge is 0.381 e. The maximum atomic E-state index is 11.8. The number of likely N-dealkylation sites (N-methyl/N-ethyl adjacent to an activating group) is 1. The summed E-state index contributed by atoms with van der Waals surface area (Å²) in [5.41, 5.74) is 0.